The van der Waals surface area contributed by atoms with Gasteiger partial charge in [0.1, 0.15) is 0 Å². The molecule has 0 aliphatic heterocycles. The van der Waals surface area contributed by atoms with E-state index in [2.05, 4.69) is 4.98 Å². The quantitative estimate of drug-likeness (QED) is 0.861. The molecule has 1 amide bonds. The minimum absolute atomic E-state index is 0.0294. The molecule has 0 saturated heterocycles. The number of amides is 1. The first-order valence-electron chi connectivity index (χ1n) is 6.59. The van der Waals surface area contributed by atoms with Crippen LogP contribution in [0.25, 0.3) is 10.9 Å². The van der Waals surface area contributed by atoms with Gasteiger partial charge in [-0.2, -0.15) is 0 Å². The fourth-order valence-electron chi connectivity index (χ4n) is 2.06. The Morgan fingerprint density at radius 1 is 1.35 bits per heavy atom. The van der Waals surface area contributed by atoms with E-state index in [4.69, 9.17) is 10.5 Å². The molecule has 1 aromatic carbocycles. The Morgan fingerprint density at radius 2 is 2.20 bits per heavy atom. The smallest absolute Gasteiger partial charge is 0.253 e. The highest BCUT2D eigenvalue weighted by atomic mass is 16.5. The minimum atomic E-state index is -0.0294. The lowest BCUT2D eigenvalue weighted by molar-refractivity contribution is 0.0701. The molecule has 0 bridgehead atoms. The van der Waals surface area contributed by atoms with E-state index in [1.54, 1.807) is 24.3 Å². The van der Waals surface area contributed by atoms with Gasteiger partial charge in [0, 0.05) is 43.9 Å². The van der Waals surface area contributed by atoms with Crippen LogP contribution >= 0.6 is 0 Å². The first kappa shape index (κ1) is 14.4. The molecule has 0 aliphatic carbocycles. The number of carbonyl (C=O) groups is 1. The van der Waals surface area contributed by atoms with Crippen molar-refractivity contribution in [1.82, 2.24) is 9.88 Å². The number of aromatic nitrogens is 1. The van der Waals surface area contributed by atoms with Gasteiger partial charge in [0.25, 0.3) is 5.91 Å². The summed E-state index contributed by atoms with van der Waals surface area (Å²) in [6.07, 6.45) is 1.74. The van der Waals surface area contributed by atoms with Gasteiger partial charge in [-0.05, 0) is 24.3 Å². The summed E-state index contributed by atoms with van der Waals surface area (Å²) in [5.74, 6) is -0.0294. The maximum atomic E-state index is 12.5. The zero-order valence-corrected chi connectivity index (χ0v) is 11.6. The molecule has 20 heavy (non-hydrogen) atoms. The first-order valence-corrected chi connectivity index (χ1v) is 6.59. The number of nitrogens with zero attached hydrogens (tertiary/aromatic N) is 2. The topological polar surface area (TPSA) is 68.5 Å². The normalized spacial score (nSPS) is 10.7. The molecule has 0 unspecified atom stereocenters. The molecule has 0 fully saturated rings. The maximum absolute atomic E-state index is 12.5. The van der Waals surface area contributed by atoms with Crippen molar-refractivity contribution >= 4 is 16.8 Å². The highest BCUT2D eigenvalue weighted by Gasteiger charge is 2.15. The molecule has 1 aromatic heterocycles. The van der Waals surface area contributed by atoms with Crippen molar-refractivity contribution in [3.8, 4) is 0 Å². The zero-order chi connectivity index (χ0) is 14.4. The number of hydrogen-bond donors (Lipinski definition) is 1. The fourth-order valence-corrected chi connectivity index (χ4v) is 2.06. The Labute approximate surface area is 118 Å². The number of rotatable bonds is 6. The van der Waals surface area contributed by atoms with Gasteiger partial charge in [0.2, 0.25) is 0 Å². The molecular formula is C15H19N3O2. The minimum Gasteiger partial charge on any atom is -0.383 e. The van der Waals surface area contributed by atoms with E-state index in [1.807, 2.05) is 24.3 Å². The number of carbonyl (C=O) groups excluding carboxylic acids is 1. The van der Waals surface area contributed by atoms with Gasteiger partial charge < -0.3 is 15.4 Å². The third-order valence-corrected chi connectivity index (χ3v) is 3.10. The number of fused-ring (bicyclic) bond motifs is 1. The lowest BCUT2D eigenvalue weighted by Crippen LogP contribution is -2.37. The van der Waals surface area contributed by atoms with Crippen LogP contribution in [0.2, 0.25) is 0 Å². The van der Waals surface area contributed by atoms with Crippen molar-refractivity contribution in [3.05, 3.63) is 42.1 Å². The van der Waals surface area contributed by atoms with Crippen LogP contribution in [0.5, 0.6) is 0 Å². The summed E-state index contributed by atoms with van der Waals surface area (Å²) < 4.78 is 5.03. The van der Waals surface area contributed by atoms with Crippen LogP contribution in [0.15, 0.2) is 36.5 Å². The SMILES string of the molecule is COCCN(CCN)C(=O)c1ccc2ncccc2c1. The van der Waals surface area contributed by atoms with Gasteiger partial charge >= 0.3 is 0 Å². The summed E-state index contributed by atoms with van der Waals surface area (Å²) in [5, 5.41) is 0.956. The summed E-state index contributed by atoms with van der Waals surface area (Å²) in [7, 11) is 1.62. The van der Waals surface area contributed by atoms with E-state index in [9.17, 15) is 4.79 Å². The molecule has 0 radical (unpaired) electrons. The highest BCUT2D eigenvalue weighted by Crippen LogP contribution is 2.14. The summed E-state index contributed by atoms with van der Waals surface area (Å²) in [5.41, 5.74) is 7.09. The van der Waals surface area contributed by atoms with E-state index in [1.165, 1.54) is 0 Å². The second-order valence-corrected chi connectivity index (χ2v) is 4.48. The van der Waals surface area contributed by atoms with Crippen molar-refractivity contribution in [2.45, 2.75) is 0 Å². The highest BCUT2D eigenvalue weighted by molar-refractivity contribution is 5.97. The largest absolute Gasteiger partial charge is 0.383 e. The molecule has 0 aliphatic rings. The molecule has 0 atom stereocenters. The molecule has 2 aromatic rings. The fraction of sp³-hybridized carbons (Fsp3) is 0.333. The molecule has 1 heterocycles. The molecule has 5 heteroatoms. The van der Waals surface area contributed by atoms with Crippen LogP contribution in [0, 0.1) is 0 Å². The molecule has 5 nitrogen and oxygen atoms in total. The van der Waals surface area contributed by atoms with Crippen LogP contribution in [0.4, 0.5) is 0 Å². The van der Waals surface area contributed by atoms with Crippen molar-refractivity contribution < 1.29 is 9.53 Å². The Hall–Kier alpha value is -1.98. The van der Waals surface area contributed by atoms with E-state index in [0.717, 1.165) is 10.9 Å². The summed E-state index contributed by atoms with van der Waals surface area (Å²) in [6, 6.07) is 9.33. The molecular weight excluding hydrogens is 254 g/mol. The third-order valence-electron chi connectivity index (χ3n) is 3.10. The van der Waals surface area contributed by atoms with Crippen LogP contribution in [0.1, 0.15) is 10.4 Å². The second-order valence-electron chi connectivity index (χ2n) is 4.48. The Morgan fingerprint density at radius 3 is 2.95 bits per heavy atom. The Bertz CT molecular complexity index is 586. The number of methoxy groups -OCH3 is 1. The molecule has 0 spiro atoms. The van der Waals surface area contributed by atoms with Crippen molar-refractivity contribution in [3.63, 3.8) is 0 Å². The number of hydrogen-bond acceptors (Lipinski definition) is 4. The van der Waals surface area contributed by atoms with Gasteiger partial charge in [0.05, 0.1) is 12.1 Å². The van der Waals surface area contributed by atoms with Gasteiger partial charge in [-0.1, -0.05) is 6.07 Å². The number of benzene rings is 1. The molecule has 106 valence electrons. The standard InChI is InChI=1S/C15H19N3O2/c1-20-10-9-18(8-6-16)15(19)13-4-5-14-12(11-13)3-2-7-17-14/h2-5,7,11H,6,8-10,16H2,1H3. The van der Waals surface area contributed by atoms with E-state index in [0.29, 0.717) is 31.8 Å². The Kier molecular flexibility index (Phi) is 5.03. The first-order chi connectivity index (χ1) is 9.76. The average Bonchev–Trinajstić information content (AvgIpc) is 2.50. The lowest BCUT2D eigenvalue weighted by Gasteiger charge is -2.21. The summed E-state index contributed by atoms with van der Waals surface area (Å²) >= 11 is 0. The maximum Gasteiger partial charge on any atom is 0.253 e. The Balaban J connectivity index is 2.23. The lowest BCUT2D eigenvalue weighted by atomic mass is 10.1. The van der Waals surface area contributed by atoms with Crippen LogP contribution in [0.3, 0.4) is 0 Å². The predicted octanol–water partition coefficient (Wildman–Crippen LogP) is 1.28. The van der Waals surface area contributed by atoms with Gasteiger partial charge in [-0.25, -0.2) is 0 Å². The van der Waals surface area contributed by atoms with Gasteiger partial charge in [-0.3, -0.25) is 9.78 Å². The number of pyridine rings is 1. The van der Waals surface area contributed by atoms with Gasteiger partial charge in [0.15, 0.2) is 0 Å². The van der Waals surface area contributed by atoms with Crippen LogP contribution in [-0.4, -0.2) is 49.1 Å². The number of nitrogens with two attached hydrogens (primary N) is 1. The van der Waals surface area contributed by atoms with Gasteiger partial charge in [-0.15, -0.1) is 0 Å². The molecule has 0 saturated carbocycles. The van der Waals surface area contributed by atoms with E-state index >= 15 is 0 Å². The zero-order valence-electron chi connectivity index (χ0n) is 11.6. The summed E-state index contributed by atoms with van der Waals surface area (Å²) in [6.45, 7) is 2.00. The van der Waals surface area contributed by atoms with Crippen molar-refractivity contribution in [2.75, 3.05) is 33.4 Å². The monoisotopic (exact) mass is 273 g/mol. The van der Waals surface area contributed by atoms with E-state index < -0.39 is 0 Å². The molecule has 2 rings (SSSR count). The van der Waals surface area contributed by atoms with E-state index in [-0.39, 0.29) is 5.91 Å². The third kappa shape index (κ3) is 3.31. The second kappa shape index (κ2) is 6.98. The summed E-state index contributed by atoms with van der Waals surface area (Å²) in [4.78, 5) is 18.4. The average molecular weight is 273 g/mol. The predicted molar refractivity (Wildman–Crippen MR) is 78.6 cm³/mol. The van der Waals surface area contributed by atoms with Crippen LogP contribution < -0.4 is 5.73 Å². The molecule has 2 N–H and O–H groups in total. The van der Waals surface area contributed by atoms with Crippen LogP contribution in [-0.2, 0) is 4.74 Å². The number of ether oxygens (including phenoxy) is 1. The van der Waals surface area contributed by atoms with Crippen molar-refractivity contribution in [2.24, 2.45) is 5.73 Å². The van der Waals surface area contributed by atoms with Crippen molar-refractivity contribution in [1.29, 1.82) is 0 Å².